The molecule has 1 amide bonds. The van der Waals surface area contributed by atoms with Gasteiger partial charge in [0, 0.05) is 30.5 Å². The molecule has 0 radical (unpaired) electrons. The van der Waals surface area contributed by atoms with Gasteiger partial charge < -0.3 is 4.74 Å². The molecule has 2 aromatic rings. The first-order chi connectivity index (χ1) is 12.2. The standard InChI is InChI=1S/C20H24N2O2S/c1-14(23)22-13-21(11-15-7-9-16(24-2)10-8-15)12-18-17-5-3-4-6-19(17)25-20(18)22/h7-10H,3-6,11-13H2,1-2H3. The minimum Gasteiger partial charge on any atom is -0.497 e. The molecule has 0 saturated carbocycles. The number of fused-ring (bicyclic) bond motifs is 3. The fourth-order valence-corrected chi connectivity index (χ4v) is 5.31. The van der Waals surface area contributed by atoms with Crippen LogP contribution in [0.15, 0.2) is 24.3 Å². The van der Waals surface area contributed by atoms with Crippen LogP contribution in [0.25, 0.3) is 0 Å². The zero-order chi connectivity index (χ0) is 17.4. The average Bonchev–Trinajstić information content (AvgIpc) is 3.00. The number of anilines is 1. The van der Waals surface area contributed by atoms with Crippen LogP contribution >= 0.6 is 11.3 Å². The number of hydrogen-bond acceptors (Lipinski definition) is 4. The van der Waals surface area contributed by atoms with E-state index in [4.69, 9.17) is 4.74 Å². The summed E-state index contributed by atoms with van der Waals surface area (Å²) < 4.78 is 5.24. The molecule has 132 valence electrons. The number of rotatable bonds is 3. The highest BCUT2D eigenvalue weighted by Gasteiger charge is 2.31. The Morgan fingerprint density at radius 2 is 1.92 bits per heavy atom. The number of amides is 1. The highest BCUT2D eigenvalue weighted by molar-refractivity contribution is 7.16. The van der Waals surface area contributed by atoms with Crippen molar-refractivity contribution in [1.29, 1.82) is 0 Å². The van der Waals surface area contributed by atoms with E-state index in [9.17, 15) is 4.79 Å². The molecule has 5 heteroatoms. The molecule has 1 aliphatic carbocycles. The van der Waals surface area contributed by atoms with E-state index in [1.807, 2.05) is 28.4 Å². The summed E-state index contributed by atoms with van der Waals surface area (Å²) in [4.78, 5) is 18.1. The van der Waals surface area contributed by atoms with Gasteiger partial charge in [0.1, 0.15) is 10.8 Å². The van der Waals surface area contributed by atoms with E-state index in [1.54, 1.807) is 14.0 Å². The third kappa shape index (κ3) is 3.18. The summed E-state index contributed by atoms with van der Waals surface area (Å²) in [5.74, 6) is 1.02. The van der Waals surface area contributed by atoms with E-state index in [0.29, 0.717) is 6.67 Å². The van der Waals surface area contributed by atoms with Gasteiger partial charge in [0.2, 0.25) is 5.91 Å². The van der Waals surface area contributed by atoms with E-state index in [-0.39, 0.29) is 5.91 Å². The van der Waals surface area contributed by atoms with Gasteiger partial charge in [-0.05, 0) is 48.9 Å². The van der Waals surface area contributed by atoms with Crippen molar-refractivity contribution in [2.75, 3.05) is 18.7 Å². The number of carbonyl (C=O) groups excluding carboxylic acids is 1. The molecule has 0 spiro atoms. The summed E-state index contributed by atoms with van der Waals surface area (Å²) >= 11 is 1.85. The summed E-state index contributed by atoms with van der Waals surface area (Å²) in [6, 6.07) is 8.21. The zero-order valence-electron chi connectivity index (χ0n) is 14.9. The number of methoxy groups -OCH3 is 1. The summed E-state index contributed by atoms with van der Waals surface area (Å²) in [6.07, 6.45) is 4.90. The van der Waals surface area contributed by atoms with Crippen LogP contribution in [-0.4, -0.2) is 24.6 Å². The minimum atomic E-state index is 0.138. The van der Waals surface area contributed by atoms with Crippen LogP contribution in [0.5, 0.6) is 5.75 Å². The molecule has 0 N–H and O–H groups in total. The van der Waals surface area contributed by atoms with Crippen LogP contribution < -0.4 is 9.64 Å². The summed E-state index contributed by atoms with van der Waals surface area (Å²) in [6.45, 7) is 4.14. The first-order valence-corrected chi connectivity index (χ1v) is 9.74. The van der Waals surface area contributed by atoms with Crippen molar-refractivity contribution in [1.82, 2.24) is 4.90 Å². The highest BCUT2D eigenvalue weighted by atomic mass is 32.1. The Kier molecular flexibility index (Phi) is 4.52. The molecule has 2 heterocycles. The van der Waals surface area contributed by atoms with Crippen molar-refractivity contribution >= 4 is 22.2 Å². The second-order valence-corrected chi connectivity index (χ2v) is 8.00. The fraction of sp³-hybridized carbons (Fsp3) is 0.450. The predicted molar refractivity (Wildman–Crippen MR) is 101 cm³/mol. The molecule has 1 aliphatic heterocycles. The van der Waals surface area contributed by atoms with E-state index < -0.39 is 0 Å². The lowest BCUT2D eigenvalue weighted by Crippen LogP contribution is -2.43. The smallest absolute Gasteiger partial charge is 0.225 e. The lowest BCUT2D eigenvalue weighted by atomic mass is 9.94. The summed E-state index contributed by atoms with van der Waals surface area (Å²) in [7, 11) is 1.69. The van der Waals surface area contributed by atoms with E-state index >= 15 is 0 Å². The monoisotopic (exact) mass is 356 g/mol. The first-order valence-electron chi connectivity index (χ1n) is 8.92. The van der Waals surface area contributed by atoms with Crippen molar-refractivity contribution in [3.63, 3.8) is 0 Å². The van der Waals surface area contributed by atoms with Crippen molar-refractivity contribution in [2.24, 2.45) is 0 Å². The van der Waals surface area contributed by atoms with Gasteiger partial charge in [0.15, 0.2) is 0 Å². The quantitative estimate of drug-likeness (QED) is 0.834. The van der Waals surface area contributed by atoms with E-state index in [1.165, 1.54) is 52.3 Å². The highest BCUT2D eigenvalue weighted by Crippen LogP contribution is 2.43. The number of benzene rings is 1. The van der Waals surface area contributed by atoms with Gasteiger partial charge in [-0.1, -0.05) is 12.1 Å². The van der Waals surface area contributed by atoms with Crippen LogP contribution in [0.2, 0.25) is 0 Å². The molecule has 4 nitrogen and oxygen atoms in total. The molecule has 0 bridgehead atoms. The first kappa shape index (κ1) is 16.6. The Hall–Kier alpha value is -1.85. The molecule has 4 rings (SSSR count). The van der Waals surface area contributed by atoms with Crippen molar-refractivity contribution < 1.29 is 9.53 Å². The molecule has 0 fully saturated rings. The molecule has 1 aromatic carbocycles. The van der Waals surface area contributed by atoms with Crippen LogP contribution in [0, 0.1) is 0 Å². The molecule has 1 aromatic heterocycles. The molecule has 25 heavy (non-hydrogen) atoms. The molecule has 0 atom stereocenters. The lowest BCUT2D eigenvalue weighted by molar-refractivity contribution is -0.117. The van der Waals surface area contributed by atoms with Crippen LogP contribution in [0.1, 0.15) is 41.3 Å². The van der Waals surface area contributed by atoms with Gasteiger partial charge in [-0.25, -0.2) is 0 Å². The summed E-state index contributed by atoms with van der Waals surface area (Å²) in [5.41, 5.74) is 4.17. The average molecular weight is 356 g/mol. The molecule has 0 unspecified atom stereocenters. The third-order valence-corrected chi connectivity index (χ3v) is 6.53. The number of carbonyl (C=O) groups is 1. The third-order valence-electron chi connectivity index (χ3n) is 5.17. The van der Waals surface area contributed by atoms with Gasteiger partial charge in [-0.3, -0.25) is 14.6 Å². The fourth-order valence-electron chi connectivity index (χ4n) is 3.87. The maximum absolute atomic E-state index is 12.2. The van der Waals surface area contributed by atoms with Crippen LogP contribution in [0.4, 0.5) is 5.00 Å². The molecular formula is C20H24N2O2S. The molecule has 2 aliphatic rings. The minimum absolute atomic E-state index is 0.138. The maximum atomic E-state index is 12.2. The van der Waals surface area contributed by atoms with Crippen molar-refractivity contribution in [2.45, 2.75) is 45.7 Å². The van der Waals surface area contributed by atoms with Crippen molar-refractivity contribution in [3.05, 3.63) is 45.8 Å². The van der Waals surface area contributed by atoms with Gasteiger partial charge in [0.25, 0.3) is 0 Å². The Morgan fingerprint density at radius 1 is 1.16 bits per heavy atom. The van der Waals surface area contributed by atoms with E-state index in [2.05, 4.69) is 17.0 Å². The normalized spacial score (nSPS) is 17.1. The Balaban J connectivity index is 1.61. The second kappa shape index (κ2) is 6.81. The second-order valence-electron chi connectivity index (χ2n) is 6.92. The number of nitrogens with zero attached hydrogens (tertiary/aromatic N) is 2. The van der Waals surface area contributed by atoms with Gasteiger partial charge in [0.05, 0.1) is 13.8 Å². The maximum Gasteiger partial charge on any atom is 0.225 e. The predicted octanol–water partition coefficient (Wildman–Crippen LogP) is 3.96. The van der Waals surface area contributed by atoms with Crippen LogP contribution in [-0.2, 0) is 30.7 Å². The Bertz CT molecular complexity index is 782. The topological polar surface area (TPSA) is 32.8 Å². The molecular weight excluding hydrogens is 332 g/mol. The molecule has 0 saturated heterocycles. The lowest BCUT2D eigenvalue weighted by Gasteiger charge is -2.35. The van der Waals surface area contributed by atoms with Crippen molar-refractivity contribution in [3.8, 4) is 5.75 Å². The number of hydrogen-bond donors (Lipinski definition) is 0. The Labute approximate surface area is 153 Å². The summed E-state index contributed by atoms with van der Waals surface area (Å²) in [5, 5.41) is 1.20. The zero-order valence-corrected chi connectivity index (χ0v) is 15.7. The number of aryl methyl sites for hydroxylation is 1. The van der Waals surface area contributed by atoms with Gasteiger partial charge >= 0.3 is 0 Å². The van der Waals surface area contributed by atoms with Gasteiger partial charge in [-0.15, -0.1) is 11.3 Å². The largest absolute Gasteiger partial charge is 0.497 e. The van der Waals surface area contributed by atoms with E-state index in [0.717, 1.165) is 18.8 Å². The number of thiophene rings is 1. The van der Waals surface area contributed by atoms with Crippen LogP contribution in [0.3, 0.4) is 0 Å². The Morgan fingerprint density at radius 3 is 2.64 bits per heavy atom. The SMILES string of the molecule is COc1ccc(CN2Cc3c(sc4c3CCCC4)N(C(C)=O)C2)cc1. The van der Waals surface area contributed by atoms with Gasteiger partial charge in [-0.2, -0.15) is 0 Å². The number of ether oxygens (including phenoxy) is 1.